The van der Waals surface area contributed by atoms with Crippen molar-refractivity contribution in [2.75, 3.05) is 32.8 Å². The molecule has 1 amide bonds. The molecule has 1 aromatic heterocycles. The van der Waals surface area contributed by atoms with Crippen molar-refractivity contribution >= 4 is 5.91 Å². The number of nitrogens with zero attached hydrogens (tertiary/aromatic N) is 1. The molecular weight excluding hydrogens is 335 g/mol. The van der Waals surface area contributed by atoms with E-state index in [1.807, 2.05) is 19.1 Å². The van der Waals surface area contributed by atoms with Crippen molar-refractivity contribution in [2.24, 2.45) is 0 Å². The summed E-state index contributed by atoms with van der Waals surface area (Å²) in [4.78, 5) is 14.7. The first kappa shape index (κ1) is 18.6. The lowest BCUT2D eigenvalue weighted by Crippen LogP contribution is -2.43. The van der Waals surface area contributed by atoms with E-state index in [2.05, 4.69) is 10.2 Å². The average molecular weight is 360 g/mol. The Hall–Kier alpha value is -2.18. The van der Waals surface area contributed by atoms with Crippen LogP contribution in [-0.2, 0) is 9.53 Å². The second-order valence-corrected chi connectivity index (χ2v) is 6.64. The second-order valence-electron chi connectivity index (χ2n) is 6.64. The maximum atomic E-state index is 13.0. The number of hydrogen-bond acceptors (Lipinski definition) is 4. The zero-order chi connectivity index (χ0) is 18.4. The molecule has 2 unspecified atom stereocenters. The quantitative estimate of drug-likeness (QED) is 0.824. The number of carbonyl (C=O) groups is 1. The van der Waals surface area contributed by atoms with Crippen LogP contribution < -0.4 is 5.32 Å². The average Bonchev–Trinajstić information content (AvgIpc) is 3.17. The largest absolute Gasteiger partial charge is 0.468 e. The third-order valence-electron chi connectivity index (χ3n) is 4.78. The van der Waals surface area contributed by atoms with Gasteiger partial charge in [0.15, 0.2) is 0 Å². The number of hydrogen-bond donors (Lipinski definition) is 1. The number of morpholine rings is 1. The number of carbonyl (C=O) groups excluding carboxylic acids is 1. The molecule has 2 heterocycles. The van der Waals surface area contributed by atoms with Crippen molar-refractivity contribution in [1.29, 1.82) is 0 Å². The van der Waals surface area contributed by atoms with Gasteiger partial charge in [-0.2, -0.15) is 0 Å². The molecule has 6 heteroatoms. The van der Waals surface area contributed by atoms with Crippen LogP contribution in [0.2, 0.25) is 0 Å². The van der Waals surface area contributed by atoms with Gasteiger partial charge >= 0.3 is 0 Å². The van der Waals surface area contributed by atoms with Gasteiger partial charge in [0.1, 0.15) is 11.6 Å². The smallest absolute Gasteiger partial charge is 0.220 e. The van der Waals surface area contributed by atoms with Gasteiger partial charge in [-0.3, -0.25) is 9.69 Å². The van der Waals surface area contributed by atoms with Crippen molar-refractivity contribution in [3.63, 3.8) is 0 Å². The van der Waals surface area contributed by atoms with Crippen molar-refractivity contribution in [1.82, 2.24) is 10.2 Å². The molecule has 1 aliphatic heterocycles. The standard InChI is InChI=1S/C20H25FN2O3/c1-15(16-4-6-17(21)7-5-16)13-20(24)22-14-18(19-3-2-10-26-19)23-8-11-25-12-9-23/h2-7,10,15,18H,8-9,11-14H2,1H3,(H,22,24). The van der Waals surface area contributed by atoms with Gasteiger partial charge in [0.05, 0.1) is 25.5 Å². The first-order valence-electron chi connectivity index (χ1n) is 9.01. The Labute approximate surface area is 153 Å². The first-order valence-corrected chi connectivity index (χ1v) is 9.01. The molecule has 1 fully saturated rings. The summed E-state index contributed by atoms with van der Waals surface area (Å²) in [6, 6.07) is 10.1. The Balaban J connectivity index is 1.56. The van der Waals surface area contributed by atoms with Gasteiger partial charge in [-0.15, -0.1) is 0 Å². The minimum Gasteiger partial charge on any atom is -0.468 e. The summed E-state index contributed by atoms with van der Waals surface area (Å²) >= 11 is 0. The van der Waals surface area contributed by atoms with Gasteiger partial charge in [-0.1, -0.05) is 19.1 Å². The topological polar surface area (TPSA) is 54.7 Å². The van der Waals surface area contributed by atoms with Gasteiger partial charge in [-0.25, -0.2) is 4.39 Å². The Kier molecular flexibility index (Phi) is 6.41. The summed E-state index contributed by atoms with van der Waals surface area (Å²) in [6.07, 6.45) is 2.01. The highest BCUT2D eigenvalue weighted by Crippen LogP contribution is 2.23. The molecule has 140 valence electrons. The molecule has 5 nitrogen and oxygen atoms in total. The molecule has 0 spiro atoms. The molecule has 26 heavy (non-hydrogen) atoms. The van der Waals surface area contributed by atoms with E-state index in [0.717, 1.165) is 24.4 Å². The number of furan rings is 1. The summed E-state index contributed by atoms with van der Waals surface area (Å²) in [5.41, 5.74) is 0.956. The highest BCUT2D eigenvalue weighted by molar-refractivity contribution is 5.76. The fourth-order valence-corrected chi connectivity index (χ4v) is 3.25. The predicted molar refractivity (Wildman–Crippen MR) is 96.3 cm³/mol. The number of nitrogens with one attached hydrogen (secondary N) is 1. The van der Waals surface area contributed by atoms with Crippen LogP contribution in [0.4, 0.5) is 4.39 Å². The molecule has 2 atom stereocenters. The van der Waals surface area contributed by atoms with Gasteiger partial charge < -0.3 is 14.5 Å². The van der Waals surface area contributed by atoms with Gasteiger partial charge in [0, 0.05) is 26.1 Å². The van der Waals surface area contributed by atoms with Crippen molar-refractivity contribution in [2.45, 2.75) is 25.3 Å². The molecule has 0 radical (unpaired) electrons. The van der Waals surface area contributed by atoms with E-state index in [9.17, 15) is 9.18 Å². The van der Waals surface area contributed by atoms with Crippen LogP contribution in [0.25, 0.3) is 0 Å². The Morgan fingerprint density at radius 3 is 2.62 bits per heavy atom. The van der Waals surface area contributed by atoms with Crippen LogP contribution >= 0.6 is 0 Å². The lowest BCUT2D eigenvalue weighted by Gasteiger charge is -2.33. The van der Waals surface area contributed by atoms with E-state index < -0.39 is 0 Å². The van der Waals surface area contributed by atoms with Crippen LogP contribution in [0.1, 0.15) is 36.6 Å². The van der Waals surface area contributed by atoms with Crippen LogP contribution in [0, 0.1) is 5.82 Å². The molecule has 0 aliphatic carbocycles. The third kappa shape index (κ3) is 4.93. The SMILES string of the molecule is CC(CC(=O)NCC(c1ccco1)N1CCOCC1)c1ccc(F)cc1. The van der Waals surface area contributed by atoms with Gasteiger partial charge in [0.2, 0.25) is 5.91 Å². The van der Waals surface area contributed by atoms with E-state index in [-0.39, 0.29) is 23.7 Å². The summed E-state index contributed by atoms with van der Waals surface area (Å²) < 4.78 is 24.0. The molecule has 1 aliphatic rings. The van der Waals surface area contributed by atoms with Gasteiger partial charge in [0.25, 0.3) is 0 Å². The molecule has 3 rings (SSSR count). The van der Waals surface area contributed by atoms with Crippen molar-refractivity contribution < 1.29 is 18.3 Å². The van der Waals surface area contributed by atoms with E-state index in [4.69, 9.17) is 9.15 Å². The minimum absolute atomic E-state index is 0.000947. The summed E-state index contributed by atoms with van der Waals surface area (Å²) in [7, 11) is 0. The highest BCUT2D eigenvalue weighted by Gasteiger charge is 2.25. The molecule has 1 aromatic carbocycles. The number of benzene rings is 1. The van der Waals surface area contributed by atoms with E-state index >= 15 is 0 Å². The van der Waals surface area contributed by atoms with E-state index in [1.54, 1.807) is 18.4 Å². The minimum atomic E-state index is -0.266. The number of ether oxygens (including phenoxy) is 1. The Morgan fingerprint density at radius 1 is 1.23 bits per heavy atom. The van der Waals surface area contributed by atoms with E-state index in [1.165, 1.54) is 12.1 Å². The van der Waals surface area contributed by atoms with Crippen LogP contribution in [-0.4, -0.2) is 43.7 Å². The van der Waals surface area contributed by atoms with Crippen molar-refractivity contribution in [3.05, 3.63) is 59.8 Å². The molecule has 1 N–H and O–H groups in total. The molecule has 0 saturated carbocycles. The van der Waals surface area contributed by atoms with E-state index in [0.29, 0.717) is 26.2 Å². The molecule has 1 saturated heterocycles. The summed E-state index contributed by atoms with van der Waals surface area (Å²) in [5, 5.41) is 3.02. The third-order valence-corrected chi connectivity index (χ3v) is 4.78. The molecular formula is C20H25FN2O3. The fraction of sp³-hybridized carbons (Fsp3) is 0.450. The normalized spacial score (nSPS) is 17.6. The highest BCUT2D eigenvalue weighted by atomic mass is 19.1. The van der Waals surface area contributed by atoms with Crippen molar-refractivity contribution in [3.8, 4) is 0 Å². The zero-order valence-electron chi connectivity index (χ0n) is 15.0. The fourth-order valence-electron chi connectivity index (χ4n) is 3.25. The summed E-state index contributed by atoms with van der Waals surface area (Å²) in [6.45, 7) is 5.46. The number of halogens is 1. The lowest BCUT2D eigenvalue weighted by molar-refractivity contribution is -0.121. The first-order chi connectivity index (χ1) is 12.6. The Bertz CT molecular complexity index is 682. The van der Waals surface area contributed by atoms with Crippen LogP contribution in [0.5, 0.6) is 0 Å². The zero-order valence-corrected chi connectivity index (χ0v) is 15.0. The maximum absolute atomic E-state index is 13.0. The second kappa shape index (κ2) is 8.96. The number of amides is 1. The maximum Gasteiger partial charge on any atom is 0.220 e. The van der Waals surface area contributed by atoms with Crippen LogP contribution in [0.3, 0.4) is 0 Å². The predicted octanol–water partition coefficient (Wildman–Crippen LogP) is 3.10. The lowest BCUT2D eigenvalue weighted by atomic mass is 9.97. The monoisotopic (exact) mass is 360 g/mol. The number of rotatable bonds is 7. The molecule has 2 aromatic rings. The van der Waals surface area contributed by atoms with Gasteiger partial charge in [-0.05, 0) is 35.7 Å². The Morgan fingerprint density at radius 2 is 1.96 bits per heavy atom. The molecule has 0 bridgehead atoms. The van der Waals surface area contributed by atoms with Crippen LogP contribution in [0.15, 0.2) is 47.1 Å². The summed E-state index contributed by atoms with van der Waals surface area (Å²) in [5.74, 6) is 0.587.